The minimum atomic E-state index is -2.07. The van der Waals surface area contributed by atoms with Gasteiger partial charge in [-0.1, -0.05) is 124 Å². The zero-order valence-corrected chi connectivity index (χ0v) is 76.2. The zero-order valence-electron chi connectivity index (χ0n) is 74.7. The average Bonchev–Trinajstić information content (AvgIpc) is 0.677. The molecule has 3 aromatic carbocycles. The Morgan fingerprint density at radius 3 is 1.01 bits per heavy atom. The summed E-state index contributed by atoms with van der Waals surface area (Å²) in [7, 11) is 0. The van der Waals surface area contributed by atoms with E-state index in [-0.39, 0.29) is 91.2 Å². The normalized spacial score (nSPS) is 41.4. The van der Waals surface area contributed by atoms with Gasteiger partial charge in [-0.15, -0.1) is 23.2 Å². The Balaban J connectivity index is 0.000000169. The second-order valence-electron chi connectivity index (χ2n) is 38.9. The van der Waals surface area contributed by atoms with Crippen molar-refractivity contribution in [2.24, 2.45) is 62.1 Å². The second-order valence-corrected chi connectivity index (χ2v) is 39.8. The van der Waals surface area contributed by atoms with Gasteiger partial charge in [-0.3, -0.25) is 28.8 Å². The summed E-state index contributed by atoms with van der Waals surface area (Å²) in [6.07, 6.45) is -18.8. The van der Waals surface area contributed by atoms with Crippen LogP contribution in [0, 0.1) is 62.1 Å². The lowest BCUT2D eigenvalue weighted by atomic mass is 9.43. The molecule has 15 rings (SSSR count). The van der Waals surface area contributed by atoms with Crippen LogP contribution in [0.1, 0.15) is 201 Å². The highest BCUT2D eigenvalue weighted by Crippen LogP contribution is 2.70. The van der Waals surface area contributed by atoms with Crippen LogP contribution in [0.25, 0.3) is 0 Å². The minimum Gasteiger partial charge on any atom is -0.455 e. The Morgan fingerprint density at radius 2 is 0.690 bits per heavy atom. The molecule has 126 heavy (non-hydrogen) atoms. The van der Waals surface area contributed by atoms with Crippen LogP contribution >= 0.6 is 23.2 Å². The molecule has 3 saturated heterocycles. The number of benzene rings is 3. The third-order valence-electron chi connectivity index (χ3n) is 31.6. The number of fused-ring (bicyclic) bond motifs is 15. The fourth-order valence-electron chi connectivity index (χ4n) is 24.8. The maximum absolute atomic E-state index is 14.5. The molecule has 3 aliphatic heterocycles. The standard InChI is InChI=1S/C32H42O10.C31H40O11.C30H38O9.CH2Cl2/c1-16-13-22-31(15-39-22,42-19(4)34)25-27(41-28(37)20-11-9-8-10-12-20)32(38)14-21(35)17(2)23(29(32,5)6)24(40-18(3)33)26(36)30(16,25)7;1-15-19(34)13-31(38)26(41-27(37)18-10-8-7-9-11-18)24-29(6,20(35)12-21-30(24,14-39-21)42-17(3)33)25(36)23(40-16(2)32)22(15)28(31,4)5;1-15-19(32)13-30(36)25(38-26(35)18-10-8-7-9-11-18)23-28(6,24(34)16(2)22(15)27(30,4)5)20(33)12-21-29(23,14-37-21)39-17(3)31;2-1-3/h8-12,16,21-22,24-27,35-36,38H,13-15H2,1-7H3;7-11,19-21,23-26,34-36,38H,12-14H2,1-6H3;7-11,16,19-21,23,25,32-33,36H,12-14H2,1-6H3;1H2/t16-,21-,22+,24+,25?,26+,27-,30+,31-,32+;19-,20-,21+,23+,24?,25+,26-,29+,30-,31+;16-,19+,20+,21-,23?,25+,28-,29+,30-;/m001./s1. The van der Waals surface area contributed by atoms with Crippen LogP contribution in [-0.2, 0) is 80.9 Å². The quantitative estimate of drug-likeness (QED) is 0.0377. The Morgan fingerprint density at radius 1 is 0.405 bits per heavy atom. The molecule has 3 aromatic rings. The number of ketones is 1. The van der Waals surface area contributed by atoms with Crippen LogP contribution in [0.15, 0.2) is 124 Å². The molecule has 0 aromatic heterocycles. The first kappa shape index (κ1) is 97.4. The summed E-state index contributed by atoms with van der Waals surface area (Å²) >= 11 is 9.53. The van der Waals surface area contributed by atoms with Gasteiger partial charge < -0.3 is 103 Å². The van der Waals surface area contributed by atoms with Crippen LogP contribution in [-0.4, -0.2) is 255 Å². The Kier molecular flexibility index (Phi) is 26.7. The number of carbonyl (C=O) groups is 9. The lowest BCUT2D eigenvalue weighted by Crippen LogP contribution is -2.82. The number of aliphatic hydroxyl groups excluding tert-OH is 7. The van der Waals surface area contributed by atoms with Crippen molar-refractivity contribution in [3.63, 3.8) is 0 Å². The van der Waals surface area contributed by atoms with E-state index in [1.165, 1.54) is 34.6 Å². The third kappa shape index (κ3) is 15.0. The van der Waals surface area contributed by atoms with Gasteiger partial charge in [0, 0.05) is 99.7 Å². The van der Waals surface area contributed by atoms with Gasteiger partial charge in [0.25, 0.3) is 0 Å². The molecule has 0 radical (unpaired) electrons. The number of Topliss-reactive ketones (excluding diaryl/α,β-unsaturated/α-hetero) is 1. The zero-order chi connectivity index (χ0) is 93.4. The van der Waals surface area contributed by atoms with Crippen molar-refractivity contribution in [1.82, 2.24) is 0 Å². The summed E-state index contributed by atoms with van der Waals surface area (Å²) in [5, 5.41) is 121. The van der Waals surface area contributed by atoms with Gasteiger partial charge in [0.05, 0.1) is 95.5 Å². The first-order chi connectivity index (χ1) is 58.6. The summed E-state index contributed by atoms with van der Waals surface area (Å²) in [5.41, 5.74) is -15.4. The van der Waals surface area contributed by atoms with Crippen molar-refractivity contribution >= 4 is 76.7 Å². The number of halogens is 2. The van der Waals surface area contributed by atoms with Crippen LogP contribution in [0.5, 0.6) is 0 Å². The Hall–Kier alpha value is -7.63. The molecule has 0 spiro atoms. The van der Waals surface area contributed by atoms with Crippen molar-refractivity contribution in [3.05, 3.63) is 141 Å². The highest BCUT2D eigenvalue weighted by molar-refractivity contribution is 6.40. The maximum atomic E-state index is 14.5. The highest BCUT2D eigenvalue weighted by Gasteiger charge is 2.82. The molecule has 692 valence electrons. The molecule has 9 aliphatic carbocycles. The van der Waals surface area contributed by atoms with E-state index >= 15 is 0 Å². The van der Waals surface area contributed by atoms with E-state index in [2.05, 4.69) is 0 Å². The SMILES string of the molecule is CC(=O)O[C@@H]1C2=C(C)[C@@H](O)C[C@@](O)([C@@H](OC(=O)c3ccccc3)C3[C@](C)([C@@H]1O)[C@@H](C)C[C@H]1OC[C@@]31OC(C)=O)C2(C)C.CC(=O)O[C@@H]1C2=C(C)[C@@H](O)C[C@@](O)([C@@H](OC(=O)c3ccccc3)C3[C@](C)([C@@H]1O)[C@@H](O)C[C@H]1OC[C@@]31OC(C)=O)C2(C)C.CC(=O)O[C@@]12CO[C@@H]1C[C@H](O)[C@@]1(C)C(=O)[C@H](C)C3=C(C)[C@@H](O)C[C@@](O)([C@@H](OC(=O)c4ccccc4)C12)C3(C)C.ClCCl. The van der Waals surface area contributed by atoms with Crippen LogP contribution < -0.4 is 0 Å². The molecule has 3 heterocycles. The van der Waals surface area contributed by atoms with Gasteiger partial charge in [0.15, 0.2) is 29.0 Å². The van der Waals surface area contributed by atoms with Crippen molar-refractivity contribution in [2.45, 2.75) is 295 Å². The second kappa shape index (κ2) is 34.6. The Bertz CT molecular complexity index is 4620. The first-order valence-electron chi connectivity index (χ1n) is 42.9. The van der Waals surface area contributed by atoms with Gasteiger partial charge in [0.1, 0.15) is 71.4 Å². The van der Waals surface area contributed by atoms with Crippen molar-refractivity contribution < 1.29 is 146 Å². The smallest absolute Gasteiger partial charge is 0.338 e. The van der Waals surface area contributed by atoms with E-state index in [0.29, 0.717) is 34.3 Å². The molecular formula is C94H122Cl2O30. The number of esters is 8. The van der Waals surface area contributed by atoms with E-state index in [9.17, 15) is 94.2 Å². The molecule has 6 bridgehead atoms. The van der Waals surface area contributed by atoms with Gasteiger partial charge in [-0.2, -0.15) is 0 Å². The minimum absolute atomic E-state index is 0.0283. The van der Waals surface area contributed by atoms with E-state index in [1.54, 1.807) is 181 Å². The number of aliphatic hydroxyl groups is 10. The van der Waals surface area contributed by atoms with E-state index in [4.69, 9.17) is 75.3 Å². The summed E-state index contributed by atoms with van der Waals surface area (Å²) in [4.78, 5) is 118. The third-order valence-corrected chi connectivity index (χ3v) is 31.6. The topological polar surface area (TPSA) is 457 Å². The fourth-order valence-corrected chi connectivity index (χ4v) is 24.8. The molecular weight excluding hydrogens is 1680 g/mol. The summed E-state index contributed by atoms with van der Waals surface area (Å²) in [6, 6.07) is 24.7. The predicted octanol–water partition coefficient (Wildman–Crippen LogP) is 7.94. The molecule has 12 aliphatic rings. The summed E-state index contributed by atoms with van der Waals surface area (Å²) in [6.45, 7) is 29.9. The van der Waals surface area contributed by atoms with Gasteiger partial charge in [0.2, 0.25) is 0 Å². The van der Waals surface area contributed by atoms with Crippen LogP contribution in [0.2, 0.25) is 0 Å². The van der Waals surface area contributed by atoms with Gasteiger partial charge in [-0.25, -0.2) is 14.4 Å². The maximum Gasteiger partial charge on any atom is 0.338 e. The van der Waals surface area contributed by atoms with E-state index in [0.717, 1.165) is 0 Å². The largest absolute Gasteiger partial charge is 0.455 e. The molecule has 3 unspecified atom stereocenters. The fraction of sp³-hybridized carbons (Fsp3) is 0.649. The van der Waals surface area contributed by atoms with Gasteiger partial charge in [-0.05, 0) is 110 Å². The number of ether oxygens (including phenoxy) is 11. The number of hydrogen-bond donors (Lipinski definition) is 10. The molecule has 9 fully saturated rings. The first-order valence-corrected chi connectivity index (χ1v) is 43.9. The average molecular weight is 1800 g/mol. The van der Waals surface area contributed by atoms with E-state index in [1.807, 2.05) is 6.92 Å². The summed E-state index contributed by atoms with van der Waals surface area (Å²) < 4.78 is 65.9. The molecule has 30 nitrogen and oxygen atoms in total. The molecule has 6 saturated carbocycles. The number of alkyl halides is 2. The molecule has 0 amide bonds. The van der Waals surface area contributed by atoms with Crippen molar-refractivity contribution in [1.29, 1.82) is 0 Å². The number of rotatable bonds is 11. The predicted molar refractivity (Wildman–Crippen MR) is 449 cm³/mol. The number of carbonyl (C=O) groups excluding carboxylic acids is 9. The van der Waals surface area contributed by atoms with Crippen molar-refractivity contribution in [3.8, 4) is 0 Å². The monoisotopic (exact) mass is 1800 g/mol. The van der Waals surface area contributed by atoms with E-state index < -0.39 is 229 Å². The molecule has 10 N–H and O–H groups in total. The molecule has 29 atom stereocenters. The van der Waals surface area contributed by atoms with Crippen LogP contribution in [0.3, 0.4) is 0 Å². The summed E-state index contributed by atoms with van der Waals surface area (Å²) in [5.74, 6) is -10.4. The van der Waals surface area contributed by atoms with Gasteiger partial charge >= 0.3 is 47.8 Å². The van der Waals surface area contributed by atoms with Crippen molar-refractivity contribution in [2.75, 3.05) is 25.2 Å². The Labute approximate surface area is 742 Å². The molecule has 32 heteroatoms. The highest BCUT2D eigenvalue weighted by atomic mass is 35.5. The van der Waals surface area contributed by atoms with Crippen LogP contribution in [0.4, 0.5) is 0 Å². The lowest BCUT2D eigenvalue weighted by Gasteiger charge is -2.69. The lowest BCUT2D eigenvalue weighted by molar-refractivity contribution is -0.365. The number of hydrogen-bond acceptors (Lipinski definition) is 30.